The van der Waals surface area contributed by atoms with Crippen molar-refractivity contribution in [2.45, 2.75) is 51.2 Å². The SMILES string of the molecule is CC(C)NC(=O)O[C@@H]1CC[C@H](c2cc(N)n[nH]2)C1. The van der Waals surface area contributed by atoms with Crippen molar-refractivity contribution in [2.24, 2.45) is 0 Å². The minimum atomic E-state index is -0.334. The van der Waals surface area contributed by atoms with Crippen molar-refractivity contribution in [1.82, 2.24) is 15.5 Å². The van der Waals surface area contributed by atoms with E-state index in [0.717, 1.165) is 25.0 Å². The highest BCUT2D eigenvalue weighted by Crippen LogP contribution is 2.35. The summed E-state index contributed by atoms with van der Waals surface area (Å²) in [6.07, 6.45) is 2.35. The van der Waals surface area contributed by atoms with Gasteiger partial charge < -0.3 is 15.8 Å². The van der Waals surface area contributed by atoms with Crippen LogP contribution in [0.25, 0.3) is 0 Å². The Morgan fingerprint density at radius 2 is 2.39 bits per heavy atom. The highest BCUT2D eigenvalue weighted by Gasteiger charge is 2.29. The van der Waals surface area contributed by atoms with Crippen molar-refractivity contribution in [2.75, 3.05) is 5.73 Å². The molecule has 1 saturated carbocycles. The van der Waals surface area contributed by atoms with Crippen LogP contribution in [0.4, 0.5) is 10.6 Å². The molecule has 6 heteroatoms. The van der Waals surface area contributed by atoms with E-state index in [9.17, 15) is 4.79 Å². The number of alkyl carbamates (subject to hydrolysis) is 1. The topological polar surface area (TPSA) is 93.0 Å². The first-order chi connectivity index (χ1) is 8.54. The summed E-state index contributed by atoms with van der Waals surface area (Å²) < 4.78 is 5.37. The highest BCUT2D eigenvalue weighted by atomic mass is 16.6. The summed E-state index contributed by atoms with van der Waals surface area (Å²) in [4.78, 5) is 11.5. The van der Waals surface area contributed by atoms with Gasteiger partial charge in [0.25, 0.3) is 0 Å². The molecule has 1 aromatic rings. The lowest BCUT2D eigenvalue weighted by atomic mass is 10.0. The molecular formula is C12H20N4O2. The zero-order valence-corrected chi connectivity index (χ0v) is 10.8. The lowest BCUT2D eigenvalue weighted by Crippen LogP contribution is -2.33. The van der Waals surface area contributed by atoms with Gasteiger partial charge in [0, 0.05) is 23.7 Å². The maximum Gasteiger partial charge on any atom is 0.407 e. The van der Waals surface area contributed by atoms with Crippen molar-refractivity contribution < 1.29 is 9.53 Å². The van der Waals surface area contributed by atoms with Gasteiger partial charge in [0.1, 0.15) is 11.9 Å². The summed E-state index contributed by atoms with van der Waals surface area (Å²) in [5.41, 5.74) is 6.61. The molecule has 100 valence electrons. The molecule has 2 rings (SSSR count). The summed E-state index contributed by atoms with van der Waals surface area (Å²) in [5.74, 6) is 0.860. The van der Waals surface area contributed by atoms with Gasteiger partial charge in [0.2, 0.25) is 0 Å². The van der Waals surface area contributed by atoms with Gasteiger partial charge in [-0.3, -0.25) is 5.10 Å². The molecule has 1 amide bonds. The molecule has 2 atom stereocenters. The van der Waals surface area contributed by atoms with Gasteiger partial charge in [0.15, 0.2) is 0 Å². The highest BCUT2D eigenvalue weighted by molar-refractivity contribution is 5.67. The summed E-state index contributed by atoms with van der Waals surface area (Å²) >= 11 is 0. The molecule has 1 aromatic heterocycles. The number of rotatable bonds is 3. The number of nitrogens with two attached hydrogens (primary N) is 1. The van der Waals surface area contributed by atoms with Crippen molar-refractivity contribution >= 4 is 11.9 Å². The fourth-order valence-electron chi connectivity index (χ4n) is 2.31. The molecule has 0 radical (unpaired) electrons. The second-order valence-electron chi connectivity index (χ2n) is 5.08. The predicted octanol–water partition coefficient (Wildman–Crippen LogP) is 1.76. The van der Waals surface area contributed by atoms with Crippen LogP contribution in [0.1, 0.15) is 44.7 Å². The Bertz CT molecular complexity index is 416. The Morgan fingerprint density at radius 1 is 1.61 bits per heavy atom. The first-order valence-corrected chi connectivity index (χ1v) is 6.32. The Morgan fingerprint density at radius 3 is 3.00 bits per heavy atom. The number of carbonyl (C=O) groups excluding carboxylic acids is 1. The first kappa shape index (κ1) is 12.7. The Kier molecular flexibility index (Phi) is 3.74. The molecule has 1 aliphatic rings. The molecule has 0 aromatic carbocycles. The normalized spacial score (nSPS) is 23.3. The average molecular weight is 252 g/mol. The number of carbonyl (C=O) groups is 1. The molecule has 4 N–H and O–H groups in total. The van der Waals surface area contributed by atoms with Gasteiger partial charge in [0.05, 0.1) is 0 Å². The Balaban J connectivity index is 1.83. The molecule has 0 bridgehead atoms. The fraction of sp³-hybridized carbons (Fsp3) is 0.667. The Labute approximate surface area is 106 Å². The largest absolute Gasteiger partial charge is 0.446 e. The van der Waals surface area contributed by atoms with Crippen LogP contribution < -0.4 is 11.1 Å². The first-order valence-electron chi connectivity index (χ1n) is 6.32. The van der Waals surface area contributed by atoms with Crippen molar-refractivity contribution in [1.29, 1.82) is 0 Å². The van der Waals surface area contributed by atoms with E-state index in [1.807, 2.05) is 19.9 Å². The third-order valence-electron chi connectivity index (χ3n) is 3.12. The van der Waals surface area contributed by atoms with Crippen LogP contribution in [0, 0.1) is 0 Å². The van der Waals surface area contributed by atoms with Crippen molar-refractivity contribution in [3.05, 3.63) is 11.8 Å². The van der Waals surface area contributed by atoms with E-state index in [4.69, 9.17) is 10.5 Å². The standard InChI is InChI=1S/C12H20N4O2/c1-7(2)14-12(17)18-9-4-3-8(5-9)10-6-11(13)16-15-10/h6-9H,3-5H2,1-2H3,(H,14,17)(H3,13,15,16)/t8-,9+/m0/s1. The molecule has 1 heterocycles. The number of hydrogen-bond acceptors (Lipinski definition) is 4. The van der Waals surface area contributed by atoms with Crippen molar-refractivity contribution in [3.8, 4) is 0 Å². The minimum Gasteiger partial charge on any atom is -0.446 e. The van der Waals surface area contributed by atoms with Crippen LogP contribution in [0.3, 0.4) is 0 Å². The molecule has 0 spiro atoms. The fourth-order valence-corrected chi connectivity index (χ4v) is 2.31. The molecule has 0 aliphatic heterocycles. The van der Waals surface area contributed by atoms with E-state index in [-0.39, 0.29) is 18.2 Å². The monoisotopic (exact) mass is 252 g/mol. The van der Waals surface area contributed by atoms with Gasteiger partial charge in [-0.25, -0.2) is 4.79 Å². The lowest BCUT2D eigenvalue weighted by Gasteiger charge is -2.14. The molecule has 1 aliphatic carbocycles. The van der Waals surface area contributed by atoms with E-state index >= 15 is 0 Å². The molecule has 6 nitrogen and oxygen atoms in total. The number of nitrogen functional groups attached to an aromatic ring is 1. The molecule has 1 fully saturated rings. The number of amides is 1. The lowest BCUT2D eigenvalue weighted by molar-refractivity contribution is 0.0981. The second kappa shape index (κ2) is 5.29. The summed E-state index contributed by atoms with van der Waals surface area (Å²) in [7, 11) is 0. The zero-order chi connectivity index (χ0) is 13.1. The van der Waals surface area contributed by atoms with Gasteiger partial charge in [-0.2, -0.15) is 5.10 Å². The van der Waals surface area contributed by atoms with Crippen LogP contribution in [0.15, 0.2) is 6.07 Å². The van der Waals surface area contributed by atoms with Gasteiger partial charge in [-0.1, -0.05) is 0 Å². The van der Waals surface area contributed by atoms with Gasteiger partial charge in [-0.05, 0) is 33.1 Å². The predicted molar refractivity (Wildman–Crippen MR) is 68.1 cm³/mol. The van der Waals surface area contributed by atoms with Crippen LogP contribution in [-0.2, 0) is 4.74 Å². The van der Waals surface area contributed by atoms with Crippen LogP contribution in [0.5, 0.6) is 0 Å². The number of nitrogens with one attached hydrogen (secondary N) is 2. The van der Waals surface area contributed by atoms with Gasteiger partial charge >= 0.3 is 6.09 Å². The molecular weight excluding hydrogens is 232 g/mol. The minimum absolute atomic E-state index is 0.0155. The maximum atomic E-state index is 11.5. The van der Waals surface area contributed by atoms with E-state index in [0.29, 0.717) is 11.7 Å². The van der Waals surface area contributed by atoms with E-state index in [1.165, 1.54) is 0 Å². The van der Waals surface area contributed by atoms with Crippen LogP contribution >= 0.6 is 0 Å². The molecule has 0 saturated heterocycles. The van der Waals surface area contributed by atoms with Crippen LogP contribution in [-0.4, -0.2) is 28.4 Å². The summed E-state index contributed by atoms with van der Waals surface area (Å²) in [5, 5.41) is 9.57. The third kappa shape index (κ3) is 3.15. The summed E-state index contributed by atoms with van der Waals surface area (Å²) in [6.45, 7) is 3.82. The van der Waals surface area contributed by atoms with Crippen LogP contribution in [0.2, 0.25) is 0 Å². The maximum absolute atomic E-state index is 11.5. The number of ether oxygens (including phenoxy) is 1. The van der Waals surface area contributed by atoms with E-state index in [2.05, 4.69) is 15.5 Å². The second-order valence-corrected chi connectivity index (χ2v) is 5.08. The van der Waals surface area contributed by atoms with Gasteiger partial charge in [-0.15, -0.1) is 0 Å². The number of H-pyrrole nitrogens is 1. The Hall–Kier alpha value is -1.72. The smallest absolute Gasteiger partial charge is 0.407 e. The number of nitrogens with zero attached hydrogens (tertiary/aromatic N) is 1. The number of anilines is 1. The summed E-state index contributed by atoms with van der Waals surface area (Å²) in [6, 6.07) is 1.95. The number of hydrogen-bond donors (Lipinski definition) is 3. The van der Waals surface area contributed by atoms with Crippen molar-refractivity contribution in [3.63, 3.8) is 0 Å². The average Bonchev–Trinajstić information content (AvgIpc) is 2.85. The third-order valence-corrected chi connectivity index (χ3v) is 3.12. The molecule has 0 unspecified atom stereocenters. The number of aromatic amines is 1. The van der Waals surface area contributed by atoms with E-state index < -0.39 is 0 Å². The zero-order valence-electron chi connectivity index (χ0n) is 10.8. The quantitative estimate of drug-likeness (QED) is 0.764. The van der Waals surface area contributed by atoms with E-state index in [1.54, 1.807) is 0 Å². The number of aromatic nitrogens is 2. The molecule has 18 heavy (non-hydrogen) atoms.